The van der Waals surface area contributed by atoms with E-state index in [1.54, 1.807) is 18.2 Å². The Morgan fingerprint density at radius 3 is 2.67 bits per heavy atom. The molecule has 0 heterocycles. The van der Waals surface area contributed by atoms with Crippen LogP contribution in [0.3, 0.4) is 0 Å². The number of hydrogen-bond donors (Lipinski definition) is 0. The zero-order valence-electron chi connectivity index (χ0n) is 10.5. The van der Waals surface area contributed by atoms with Crippen LogP contribution in [0, 0.1) is 21.4 Å². The Hall–Kier alpha value is -2.29. The number of hydrogen-bond acceptors (Lipinski definition) is 4. The lowest BCUT2D eigenvalue weighted by Gasteiger charge is -2.11. The standard InChI is InChI=1S/C14H8Cl2N2O3/c15-7-10-11(16)2-1-3-13(10)21-14-5-4-9(8-17)6-12(14)18(19)20/h1-6H,7H2. The van der Waals surface area contributed by atoms with E-state index in [9.17, 15) is 10.1 Å². The van der Waals surface area contributed by atoms with Crippen molar-refractivity contribution >= 4 is 28.9 Å². The minimum absolute atomic E-state index is 0.0210. The van der Waals surface area contributed by atoms with Gasteiger partial charge in [-0.1, -0.05) is 17.7 Å². The van der Waals surface area contributed by atoms with Gasteiger partial charge in [-0.25, -0.2) is 0 Å². The summed E-state index contributed by atoms with van der Waals surface area (Å²) in [6.07, 6.45) is 0. The molecule has 0 bridgehead atoms. The molecule has 0 atom stereocenters. The number of nitriles is 1. The average Bonchev–Trinajstić information content (AvgIpc) is 2.47. The minimum atomic E-state index is -0.610. The summed E-state index contributed by atoms with van der Waals surface area (Å²) in [4.78, 5) is 10.5. The van der Waals surface area contributed by atoms with Gasteiger partial charge in [-0.2, -0.15) is 5.26 Å². The predicted octanol–water partition coefficient (Wildman–Crippen LogP) is 4.65. The van der Waals surface area contributed by atoms with Crippen molar-refractivity contribution < 1.29 is 9.66 Å². The smallest absolute Gasteiger partial charge is 0.312 e. The van der Waals surface area contributed by atoms with Crippen molar-refractivity contribution in [3.63, 3.8) is 0 Å². The molecule has 21 heavy (non-hydrogen) atoms. The second-order valence-corrected chi connectivity index (χ2v) is 4.68. The number of nitro groups is 1. The lowest BCUT2D eigenvalue weighted by atomic mass is 10.2. The highest BCUT2D eigenvalue weighted by molar-refractivity contribution is 6.32. The Bertz CT molecular complexity index is 741. The summed E-state index contributed by atoms with van der Waals surface area (Å²) in [7, 11) is 0. The van der Waals surface area contributed by atoms with Gasteiger partial charge in [0.15, 0.2) is 0 Å². The Morgan fingerprint density at radius 2 is 2.05 bits per heavy atom. The van der Waals surface area contributed by atoms with Crippen LogP contribution in [0.1, 0.15) is 11.1 Å². The SMILES string of the molecule is N#Cc1ccc(Oc2cccc(Cl)c2CCl)c([N+](=O)[O-])c1. The lowest BCUT2D eigenvalue weighted by molar-refractivity contribution is -0.385. The Balaban J connectivity index is 2.47. The molecule has 0 aliphatic carbocycles. The number of nitrogens with zero attached hydrogens (tertiary/aromatic N) is 2. The topological polar surface area (TPSA) is 76.2 Å². The van der Waals surface area contributed by atoms with Crippen LogP contribution in [0.2, 0.25) is 5.02 Å². The molecule has 7 heteroatoms. The van der Waals surface area contributed by atoms with Gasteiger partial charge in [0.2, 0.25) is 5.75 Å². The Morgan fingerprint density at radius 1 is 1.29 bits per heavy atom. The fraction of sp³-hybridized carbons (Fsp3) is 0.0714. The number of rotatable bonds is 4. The summed E-state index contributed by atoms with van der Waals surface area (Å²) in [5, 5.41) is 20.3. The van der Waals surface area contributed by atoms with Gasteiger partial charge < -0.3 is 4.74 Å². The third-order valence-electron chi connectivity index (χ3n) is 2.71. The van der Waals surface area contributed by atoms with Gasteiger partial charge in [0.05, 0.1) is 22.4 Å². The first-order valence-electron chi connectivity index (χ1n) is 5.76. The van der Waals surface area contributed by atoms with E-state index in [0.29, 0.717) is 16.3 Å². The summed E-state index contributed by atoms with van der Waals surface area (Å²) in [6.45, 7) is 0. The maximum atomic E-state index is 11.1. The van der Waals surface area contributed by atoms with Crippen LogP contribution in [0.25, 0.3) is 0 Å². The molecular formula is C14H8Cl2N2O3. The summed E-state index contributed by atoms with van der Waals surface area (Å²) < 4.78 is 5.55. The van der Waals surface area contributed by atoms with Crippen molar-refractivity contribution in [2.75, 3.05) is 0 Å². The summed E-state index contributed by atoms with van der Waals surface area (Å²) in [6, 6.07) is 10.7. The largest absolute Gasteiger partial charge is 0.450 e. The molecule has 2 aromatic rings. The molecule has 0 fully saturated rings. The lowest BCUT2D eigenvalue weighted by Crippen LogP contribution is -1.96. The van der Waals surface area contributed by atoms with E-state index in [1.165, 1.54) is 12.1 Å². The van der Waals surface area contributed by atoms with Crippen LogP contribution in [0.15, 0.2) is 36.4 Å². The molecule has 0 saturated heterocycles. The second-order valence-electron chi connectivity index (χ2n) is 4.00. The summed E-state index contributed by atoms with van der Waals surface area (Å²) >= 11 is 11.8. The van der Waals surface area contributed by atoms with E-state index >= 15 is 0 Å². The highest BCUT2D eigenvalue weighted by Crippen LogP contribution is 2.36. The molecule has 0 amide bonds. The van der Waals surface area contributed by atoms with Crippen LogP contribution < -0.4 is 4.74 Å². The summed E-state index contributed by atoms with van der Waals surface area (Å²) in [5.74, 6) is 0.469. The molecule has 0 saturated carbocycles. The van der Waals surface area contributed by atoms with Crippen LogP contribution in [-0.4, -0.2) is 4.92 Å². The first kappa shape index (κ1) is 15.1. The molecule has 106 valence electrons. The van der Waals surface area contributed by atoms with Gasteiger partial charge in [0, 0.05) is 16.7 Å². The Labute approximate surface area is 130 Å². The molecular weight excluding hydrogens is 315 g/mol. The average molecular weight is 323 g/mol. The van der Waals surface area contributed by atoms with Gasteiger partial charge in [-0.3, -0.25) is 10.1 Å². The van der Waals surface area contributed by atoms with Crippen LogP contribution in [-0.2, 0) is 5.88 Å². The van der Waals surface area contributed by atoms with E-state index in [1.807, 2.05) is 6.07 Å². The molecule has 0 unspecified atom stereocenters. The van der Waals surface area contributed by atoms with E-state index < -0.39 is 4.92 Å². The number of nitro benzene ring substituents is 1. The zero-order chi connectivity index (χ0) is 15.4. The quantitative estimate of drug-likeness (QED) is 0.466. The predicted molar refractivity (Wildman–Crippen MR) is 78.9 cm³/mol. The third kappa shape index (κ3) is 3.24. The van der Waals surface area contributed by atoms with Crippen LogP contribution in [0.5, 0.6) is 11.5 Å². The van der Waals surface area contributed by atoms with Gasteiger partial charge in [0.25, 0.3) is 0 Å². The fourth-order valence-electron chi connectivity index (χ4n) is 1.70. The molecule has 0 spiro atoms. The third-order valence-corrected chi connectivity index (χ3v) is 3.34. The maximum Gasteiger partial charge on any atom is 0.312 e. The second kappa shape index (κ2) is 6.44. The van der Waals surface area contributed by atoms with E-state index in [2.05, 4.69) is 0 Å². The molecule has 0 aliphatic heterocycles. The fourth-order valence-corrected chi connectivity index (χ4v) is 2.28. The molecule has 0 aromatic heterocycles. The number of alkyl halides is 1. The molecule has 0 aliphatic rings. The van der Waals surface area contributed by atoms with Crippen molar-refractivity contribution in [1.82, 2.24) is 0 Å². The number of ether oxygens (including phenoxy) is 1. The van der Waals surface area contributed by atoms with Gasteiger partial charge >= 0.3 is 5.69 Å². The molecule has 2 aromatic carbocycles. The van der Waals surface area contributed by atoms with Crippen LogP contribution in [0.4, 0.5) is 5.69 Å². The van der Waals surface area contributed by atoms with Gasteiger partial charge in [-0.05, 0) is 24.3 Å². The summed E-state index contributed by atoms with van der Waals surface area (Å²) in [5.41, 5.74) is 0.423. The Kier molecular flexibility index (Phi) is 4.63. The van der Waals surface area contributed by atoms with Crippen molar-refractivity contribution in [1.29, 1.82) is 5.26 Å². The maximum absolute atomic E-state index is 11.1. The van der Waals surface area contributed by atoms with Crippen molar-refractivity contribution in [2.24, 2.45) is 0 Å². The van der Waals surface area contributed by atoms with E-state index in [-0.39, 0.29) is 22.9 Å². The van der Waals surface area contributed by atoms with Crippen LogP contribution >= 0.6 is 23.2 Å². The monoisotopic (exact) mass is 322 g/mol. The molecule has 2 rings (SSSR count). The normalized spacial score (nSPS) is 9.95. The van der Waals surface area contributed by atoms with Crippen molar-refractivity contribution in [3.8, 4) is 17.6 Å². The molecule has 5 nitrogen and oxygen atoms in total. The highest BCUT2D eigenvalue weighted by atomic mass is 35.5. The van der Waals surface area contributed by atoms with E-state index in [4.69, 9.17) is 33.2 Å². The number of benzene rings is 2. The van der Waals surface area contributed by atoms with E-state index in [0.717, 1.165) is 6.07 Å². The minimum Gasteiger partial charge on any atom is -0.450 e. The number of halogens is 2. The van der Waals surface area contributed by atoms with Gasteiger partial charge in [-0.15, -0.1) is 11.6 Å². The molecule has 0 radical (unpaired) electrons. The zero-order valence-corrected chi connectivity index (χ0v) is 12.1. The first-order valence-corrected chi connectivity index (χ1v) is 6.67. The molecule has 0 N–H and O–H groups in total. The first-order chi connectivity index (χ1) is 10.1. The highest BCUT2D eigenvalue weighted by Gasteiger charge is 2.18. The van der Waals surface area contributed by atoms with Gasteiger partial charge in [0.1, 0.15) is 5.75 Å². The van der Waals surface area contributed by atoms with Crippen molar-refractivity contribution in [2.45, 2.75) is 5.88 Å². The van der Waals surface area contributed by atoms with Crippen molar-refractivity contribution in [3.05, 3.63) is 62.7 Å².